The number of rotatable bonds is 3. The molecule has 6 nitrogen and oxygen atoms in total. The molecular weight excluding hydrogens is 314 g/mol. The number of hydrogen-bond donors (Lipinski definition) is 2. The quantitative estimate of drug-likeness (QED) is 0.902. The maximum absolute atomic E-state index is 6.35. The molecule has 1 aliphatic heterocycles. The van der Waals surface area contributed by atoms with E-state index in [0.717, 1.165) is 11.1 Å². The third-order valence-corrected chi connectivity index (χ3v) is 4.07. The van der Waals surface area contributed by atoms with Crippen molar-refractivity contribution in [2.75, 3.05) is 13.7 Å². The molecule has 0 saturated carbocycles. The molecule has 1 aromatic heterocycles. The zero-order chi connectivity index (χ0) is 16.6. The minimum Gasteiger partial charge on any atom is -0.493 e. The zero-order valence-corrected chi connectivity index (χ0v) is 13.7. The van der Waals surface area contributed by atoms with Gasteiger partial charge in [0.2, 0.25) is 0 Å². The van der Waals surface area contributed by atoms with Gasteiger partial charge in [-0.05, 0) is 31.2 Å². The van der Waals surface area contributed by atoms with Crippen LogP contribution in [-0.2, 0) is 0 Å². The minimum atomic E-state index is -0.373. The normalized spacial score (nSPS) is 16.8. The van der Waals surface area contributed by atoms with Crippen LogP contribution >= 0.6 is 11.6 Å². The van der Waals surface area contributed by atoms with Gasteiger partial charge in [0.25, 0.3) is 0 Å². The van der Waals surface area contributed by atoms with E-state index in [-0.39, 0.29) is 6.17 Å². The molecule has 23 heavy (non-hydrogen) atoms. The summed E-state index contributed by atoms with van der Waals surface area (Å²) in [6.45, 7) is 2.46. The van der Waals surface area contributed by atoms with Crippen molar-refractivity contribution in [3.05, 3.63) is 40.9 Å². The van der Waals surface area contributed by atoms with Gasteiger partial charge in [-0.1, -0.05) is 17.7 Å². The van der Waals surface area contributed by atoms with Crippen molar-refractivity contribution in [3.63, 3.8) is 0 Å². The van der Waals surface area contributed by atoms with E-state index in [1.54, 1.807) is 18.0 Å². The van der Waals surface area contributed by atoms with Crippen LogP contribution in [0.1, 0.15) is 18.7 Å². The Morgan fingerprint density at radius 3 is 2.83 bits per heavy atom. The Kier molecular flexibility index (Phi) is 4.11. The number of pyridine rings is 1. The van der Waals surface area contributed by atoms with Crippen LogP contribution < -0.4 is 16.2 Å². The number of aromatic nitrogens is 1. The molecule has 1 aromatic carbocycles. The number of halogens is 1. The molecule has 120 valence electrons. The molecular formula is C16H18ClN5O. The molecule has 1 atom stereocenters. The number of aliphatic imine (C=N–C) groups is 1. The van der Waals surface area contributed by atoms with Crippen LogP contribution in [0.15, 0.2) is 35.3 Å². The molecule has 0 saturated heterocycles. The summed E-state index contributed by atoms with van der Waals surface area (Å²) in [6, 6.07) is 9.28. The number of guanidine groups is 1. The van der Waals surface area contributed by atoms with Crippen LogP contribution in [0, 0.1) is 0 Å². The highest BCUT2D eigenvalue weighted by molar-refractivity contribution is 6.33. The van der Waals surface area contributed by atoms with Crippen LogP contribution in [-0.4, -0.2) is 29.5 Å². The number of fused-ring (bicyclic) bond motifs is 1. The maximum Gasteiger partial charge on any atom is 0.199 e. The van der Waals surface area contributed by atoms with E-state index in [0.29, 0.717) is 34.9 Å². The average Bonchev–Trinajstić information content (AvgIpc) is 2.53. The molecule has 1 unspecified atom stereocenters. The van der Waals surface area contributed by atoms with E-state index < -0.39 is 0 Å². The fourth-order valence-electron chi connectivity index (χ4n) is 2.49. The standard InChI is InChI=1S/C16H18ClN5O/c1-3-23-12-6-4-5-10(17)13(12)11-8-7-9-14(18)22(2)16(19)21-15(9)20-11/h4-8,14H,3,18H2,1-2H3,(H2,19,20,21). The molecule has 3 rings (SSSR count). The van der Waals surface area contributed by atoms with Gasteiger partial charge in [0.15, 0.2) is 11.8 Å². The molecule has 0 spiro atoms. The Labute approximate surface area is 139 Å². The van der Waals surface area contributed by atoms with Crippen LogP contribution in [0.2, 0.25) is 5.02 Å². The van der Waals surface area contributed by atoms with Gasteiger partial charge in [-0.3, -0.25) is 0 Å². The lowest BCUT2D eigenvalue weighted by Crippen LogP contribution is -2.43. The average molecular weight is 332 g/mol. The number of hydrogen-bond acceptors (Lipinski definition) is 6. The van der Waals surface area contributed by atoms with Gasteiger partial charge in [-0.2, -0.15) is 4.99 Å². The third-order valence-electron chi connectivity index (χ3n) is 3.75. The Balaban J connectivity index is 2.14. The molecule has 0 bridgehead atoms. The first-order chi connectivity index (χ1) is 11.0. The van der Waals surface area contributed by atoms with Gasteiger partial charge in [0, 0.05) is 12.6 Å². The van der Waals surface area contributed by atoms with Crippen molar-refractivity contribution >= 4 is 23.4 Å². The lowest BCUT2D eigenvalue weighted by molar-refractivity contribution is 0.341. The summed E-state index contributed by atoms with van der Waals surface area (Å²) in [5.41, 5.74) is 14.3. The number of ether oxygens (including phenoxy) is 1. The van der Waals surface area contributed by atoms with E-state index in [9.17, 15) is 0 Å². The Hall–Kier alpha value is -2.31. The molecule has 0 aliphatic carbocycles. The summed E-state index contributed by atoms with van der Waals surface area (Å²) in [6.07, 6.45) is -0.373. The summed E-state index contributed by atoms with van der Waals surface area (Å²) in [7, 11) is 1.79. The van der Waals surface area contributed by atoms with E-state index >= 15 is 0 Å². The molecule has 4 N–H and O–H groups in total. The van der Waals surface area contributed by atoms with Crippen molar-refractivity contribution in [1.82, 2.24) is 9.88 Å². The topological polar surface area (TPSA) is 89.8 Å². The summed E-state index contributed by atoms with van der Waals surface area (Å²) in [5, 5.41) is 0.567. The summed E-state index contributed by atoms with van der Waals surface area (Å²) >= 11 is 6.35. The highest BCUT2D eigenvalue weighted by Gasteiger charge is 2.24. The van der Waals surface area contributed by atoms with E-state index in [1.165, 1.54) is 0 Å². The smallest absolute Gasteiger partial charge is 0.199 e. The van der Waals surface area contributed by atoms with Crippen LogP contribution in [0.5, 0.6) is 5.75 Å². The van der Waals surface area contributed by atoms with E-state index in [2.05, 4.69) is 9.98 Å². The largest absolute Gasteiger partial charge is 0.493 e. The summed E-state index contributed by atoms with van der Waals surface area (Å²) in [4.78, 5) is 10.6. The van der Waals surface area contributed by atoms with Gasteiger partial charge in [-0.25, -0.2) is 4.98 Å². The molecule has 0 amide bonds. The van der Waals surface area contributed by atoms with Crippen LogP contribution in [0.25, 0.3) is 11.3 Å². The van der Waals surface area contributed by atoms with Gasteiger partial charge in [0.1, 0.15) is 11.9 Å². The Morgan fingerprint density at radius 2 is 2.09 bits per heavy atom. The summed E-state index contributed by atoms with van der Waals surface area (Å²) < 4.78 is 5.66. The molecule has 0 radical (unpaired) electrons. The second-order valence-corrected chi connectivity index (χ2v) is 5.59. The van der Waals surface area contributed by atoms with Crippen molar-refractivity contribution in [1.29, 1.82) is 0 Å². The SMILES string of the molecule is CCOc1cccc(Cl)c1-c1ccc2c(n1)N=C(N)N(C)C2N. The first kappa shape index (κ1) is 15.6. The Morgan fingerprint density at radius 1 is 1.30 bits per heavy atom. The highest BCUT2D eigenvalue weighted by Crippen LogP contribution is 2.38. The lowest BCUT2D eigenvalue weighted by Gasteiger charge is -2.30. The number of nitrogens with two attached hydrogens (primary N) is 2. The minimum absolute atomic E-state index is 0.332. The predicted octanol–water partition coefficient (Wildman–Crippen LogP) is 2.65. The van der Waals surface area contributed by atoms with Gasteiger partial charge in [-0.15, -0.1) is 0 Å². The van der Waals surface area contributed by atoms with Crippen molar-refractivity contribution in [2.45, 2.75) is 13.1 Å². The van der Waals surface area contributed by atoms with Crippen molar-refractivity contribution in [2.24, 2.45) is 16.5 Å². The van der Waals surface area contributed by atoms with Crippen molar-refractivity contribution in [3.8, 4) is 17.0 Å². The number of nitrogens with zero attached hydrogens (tertiary/aromatic N) is 3. The monoisotopic (exact) mass is 331 g/mol. The second-order valence-electron chi connectivity index (χ2n) is 5.18. The molecule has 7 heteroatoms. The lowest BCUT2D eigenvalue weighted by atomic mass is 10.1. The fourth-order valence-corrected chi connectivity index (χ4v) is 2.75. The first-order valence-corrected chi connectivity index (χ1v) is 7.66. The molecule has 2 aromatic rings. The molecule has 0 fully saturated rings. The maximum atomic E-state index is 6.35. The van der Waals surface area contributed by atoms with Gasteiger partial charge in [0.05, 0.1) is 22.9 Å². The first-order valence-electron chi connectivity index (χ1n) is 7.28. The third kappa shape index (κ3) is 2.71. The zero-order valence-electron chi connectivity index (χ0n) is 13.0. The van der Waals surface area contributed by atoms with Crippen molar-refractivity contribution < 1.29 is 4.74 Å². The molecule has 1 aliphatic rings. The molecule has 2 heterocycles. The second kappa shape index (κ2) is 6.06. The predicted molar refractivity (Wildman–Crippen MR) is 91.8 cm³/mol. The number of benzene rings is 1. The van der Waals surface area contributed by atoms with Gasteiger partial charge < -0.3 is 21.1 Å². The highest BCUT2D eigenvalue weighted by atomic mass is 35.5. The summed E-state index contributed by atoms with van der Waals surface area (Å²) in [5.74, 6) is 1.52. The van der Waals surface area contributed by atoms with E-state index in [1.807, 2.05) is 31.2 Å². The van der Waals surface area contributed by atoms with Crippen LogP contribution in [0.3, 0.4) is 0 Å². The fraction of sp³-hybridized carbons (Fsp3) is 0.250. The van der Waals surface area contributed by atoms with E-state index in [4.69, 9.17) is 27.8 Å². The Bertz CT molecular complexity index is 777. The van der Waals surface area contributed by atoms with Gasteiger partial charge >= 0.3 is 0 Å². The van der Waals surface area contributed by atoms with Crippen LogP contribution in [0.4, 0.5) is 5.82 Å².